The molecule has 0 N–H and O–H groups in total. The van der Waals surface area contributed by atoms with Gasteiger partial charge in [0.1, 0.15) is 4.83 Å². The number of thiophene rings is 1. The highest BCUT2D eigenvalue weighted by molar-refractivity contribution is 7.98. The van der Waals surface area contributed by atoms with Crippen molar-refractivity contribution in [2.45, 2.75) is 24.8 Å². The maximum Gasteiger partial charge on any atom is 0.268 e. The Balaban J connectivity index is 1.71. The van der Waals surface area contributed by atoms with Crippen LogP contribution in [-0.2, 0) is 5.75 Å². The van der Waals surface area contributed by atoms with Crippen LogP contribution in [0.15, 0.2) is 58.5 Å². The number of aromatic nitrogens is 4. The molecule has 5 nitrogen and oxygen atoms in total. The minimum Gasteiger partial charge on any atom is -0.268 e. The van der Waals surface area contributed by atoms with Gasteiger partial charge in [-0.1, -0.05) is 59.2 Å². The van der Waals surface area contributed by atoms with E-state index in [9.17, 15) is 4.79 Å². The number of aryl methyl sites for hydroxylation is 2. The molecule has 0 unspecified atom stereocenters. The van der Waals surface area contributed by atoms with Crippen LogP contribution in [0.1, 0.15) is 16.0 Å². The summed E-state index contributed by atoms with van der Waals surface area (Å²) >= 11 is 15.3. The topological polar surface area (TPSA) is 52.2 Å². The van der Waals surface area contributed by atoms with Crippen LogP contribution in [0.3, 0.4) is 0 Å². The maximum absolute atomic E-state index is 13.5. The fourth-order valence-corrected chi connectivity index (χ4v) is 5.89. The van der Waals surface area contributed by atoms with Crippen LogP contribution in [0.2, 0.25) is 10.0 Å². The molecule has 0 amide bonds. The van der Waals surface area contributed by atoms with E-state index in [1.165, 1.54) is 0 Å². The molecule has 3 aromatic heterocycles. The van der Waals surface area contributed by atoms with Gasteiger partial charge in [0, 0.05) is 10.6 Å². The molecule has 0 atom stereocenters. The first-order valence-corrected chi connectivity index (χ1v) is 12.0. The Morgan fingerprint density at radius 2 is 1.81 bits per heavy atom. The number of benzene rings is 2. The van der Waals surface area contributed by atoms with Crippen LogP contribution in [0, 0.1) is 13.8 Å². The largest absolute Gasteiger partial charge is 0.268 e. The average molecular weight is 487 g/mol. The van der Waals surface area contributed by atoms with Crippen molar-refractivity contribution in [2.75, 3.05) is 0 Å². The van der Waals surface area contributed by atoms with E-state index in [0.717, 1.165) is 31.7 Å². The third-order valence-corrected chi connectivity index (χ3v) is 8.10. The van der Waals surface area contributed by atoms with E-state index in [1.807, 2.05) is 60.7 Å². The average Bonchev–Trinajstić information content (AvgIpc) is 3.31. The van der Waals surface area contributed by atoms with Gasteiger partial charge in [0.05, 0.1) is 21.1 Å². The Morgan fingerprint density at radius 3 is 2.55 bits per heavy atom. The molecule has 0 aliphatic rings. The minimum atomic E-state index is -0.0796. The smallest absolute Gasteiger partial charge is 0.268 e. The Labute approximate surface area is 196 Å². The molecule has 3 heterocycles. The normalized spacial score (nSPS) is 11.6. The van der Waals surface area contributed by atoms with Crippen LogP contribution < -0.4 is 5.56 Å². The first-order valence-electron chi connectivity index (χ1n) is 9.47. The predicted molar refractivity (Wildman–Crippen MR) is 129 cm³/mol. The molecular formula is C22H16Cl2N4OS2. The second-order valence-corrected chi connectivity index (χ2v) is 10.1. The lowest BCUT2D eigenvalue weighted by atomic mass is 10.2. The Bertz CT molecular complexity index is 1510. The van der Waals surface area contributed by atoms with Crippen molar-refractivity contribution in [3.05, 3.63) is 84.9 Å². The van der Waals surface area contributed by atoms with Crippen molar-refractivity contribution in [1.29, 1.82) is 0 Å². The van der Waals surface area contributed by atoms with E-state index in [4.69, 9.17) is 23.2 Å². The van der Waals surface area contributed by atoms with Gasteiger partial charge in [-0.25, -0.2) is 8.97 Å². The van der Waals surface area contributed by atoms with E-state index < -0.39 is 0 Å². The van der Waals surface area contributed by atoms with Crippen LogP contribution >= 0.6 is 46.3 Å². The zero-order chi connectivity index (χ0) is 21.7. The highest BCUT2D eigenvalue weighted by Gasteiger charge is 2.21. The van der Waals surface area contributed by atoms with Gasteiger partial charge >= 0.3 is 0 Å². The van der Waals surface area contributed by atoms with E-state index in [2.05, 4.69) is 10.2 Å². The summed E-state index contributed by atoms with van der Waals surface area (Å²) in [4.78, 5) is 15.5. The van der Waals surface area contributed by atoms with Gasteiger partial charge in [-0.2, -0.15) is 0 Å². The van der Waals surface area contributed by atoms with Gasteiger partial charge in [-0.05, 0) is 49.2 Å². The number of para-hydroxylation sites is 1. The number of rotatable bonds is 4. The van der Waals surface area contributed by atoms with Crippen LogP contribution in [0.25, 0.3) is 21.7 Å². The molecule has 156 valence electrons. The fourth-order valence-electron chi connectivity index (χ4n) is 3.49. The molecule has 0 fully saturated rings. The molecule has 0 radical (unpaired) electrons. The molecule has 0 saturated heterocycles. The molecule has 0 spiro atoms. The van der Waals surface area contributed by atoms with Gasteiger partial charge in [0.15, 0.2) is 5.16 Å². The Kier molecular flexibility index (Phi) is 5.30. The van der Waals surface area contributed by atoms with E-state index in [-0.39, 0.29) is 5.56 Å². The number of halogens is 2. The van der Waals surface area contributed by atoms with Crippen molar-refractivity contribution >= 4 is 62.3 Å². The molecule has 5 rings (SSSR count). The number of nitrogens with zero attached hydrogens (tertiary/aromatic N) is 4. The molecule has 9 heteroatoms. The molecular weight excluding hydrogens is 471 g/mol. The lowest BCUT2D eigenvalue weighted by molar-refractivity contribution is 0.935. The van der Waals surface area contributed by atoms with E-state index in [0.29, 0.717) is 27.0 Å². The van der Waals surface area contributed by atoms with Crippen LogP contribution in [0.5, 0.6) is 0 Å². The molecule has 5 aromatic rings. The molecule has 31 heavy (non-hydrogen) atoms. The molecule has 0 bridgehead atoms. The summed E-state index contributed by atoms with van der Waals surface area (Å²) in [5.41, 5.74) is 2.70. The molecule has 0 aliphatic heterocycles. The Morgan fingerprint density at radius 1 is 1.03 bits per heavy atom. The van der Waals surface area contributed by atoms with Crippen molar-refractivity contribution in [1.82, 2.24) is 19.2 Å². The number of hydrogen-bond acceptors (Lipinski definition) is 5. The first kappa shape index (κ1) is 20.6. The summed E-state index contributed by atoms with van der Waals surface area (Å²) in [6, 6.07) is 15.1. The van der Waals surface area contributed by atoms with Gasteiger partial charge in [-0.3, -0.25) is 4.79 Å². The number of hydrogen-bond donors (Lipinski definition) is 0. The second-order valence-electron chi connectivity index (χ2n) is 7.09. The standard InChI is InChI=1S/C22H16Cl2N4OS2/c1-12-13(2)31-20-18(12)19(29)27(15-6-4-3-5-7-15)21-25-26-22(28(20)21)30-11-14-8-9-16(23)17(24)10-14/h3-10H,11H2,1-2H3. The van der Waals surface area contributed by atoms with Gasteiger partial charge in [0.25, 0.3) is 5.56 Å². The van der Waals surface area contributed by atoms with Crippen molar-refractivity contribution in [3.63, 3.8) is 0 Å². The quantitative estimate of drug-likeness (QED) is 0.279. The van der Waals surface area contributed by atoms with Crippen molar-refractivity contribution in [2.24, 2.45) is 0 Å². The Hall–Kier alpha value is -2.32. The summed E-state index contributed by atoms with van der Waals surface area (Å²) in [6.45, 7) is 4.02. The lowest BCUT2D eigenvalue weighted by Crippen LogP contribution is -2.21. The molecule has 0 aliphatic carbocycles. The van der Waals surface area contributed by atoms with E-state index in [1.54, 1.807) is 33.7 Å². The third kappa shape index (κ3) is 3.46. The number of fused-ring (bicyclic) bond motifs is 3. The van der Waals surface area contributed by atoms with Crippen LogP contribution in [0.4, 0.5) is 0 Å². The SMILES string of the molecule is Cc1sc2c(c1C)c(=O)n(-c1ccccc1)c1nnc(SCc3ccc(Cl)c(Cl)c3)n21. The van der Waals surface area contributed by atoms with Gasteiger partial charge in [-0.15, -0.1) is 21.5 Å². The van der Waals surface area contributed by atoms with Gasteiger partial charge < -0.3 is 0 Å². The number of thioether (sulfide) groups is 1. The molecule has 2 aromatic carbocycles. The zero-order valence-electron chi connectivity index (χ0n) is 16.6. The third-order valence-electron chi connectivity index (χ3n) is 5.17. The van der Waals surface area contributed by atoms with Crippen molar-refractivity contribution < 1.29 is 0 Å². The summed E-state index contributed by atoms with van der Waals surface area (Å²) < 4.78 is 3.62. The predicted octanol–water partition coefficient (Wildman–Crippen LogP) is 6.31. The maximum atomic E-state index is 13.5. The first-order chi connectivity index (χ1) is 15.0. The highest BCUT2D eigenvalue weighted by atomic mass is 35.5. The monoisotopic (exact) mass is 486 g/mol. The van der Waals surface area contributed by atoms with Crippen LogP contribution in [-0.4, -0.2) is 19.2 Å². The zero-order valence-corrected chi connectivity index (χ0v) is 19.7. The van der Waals surface area contributed by atoms with Crippen molar-refractivity contribution in [3.8, 4) is 5.69 Å². The second kappa shape index (κ2) is 7.98. The van der Waals surface area contributed by atoms with E-state index >= 15 is 0 Å². The summed E-state index contributed by atoms with van der Waals surface area (Å²) in [7, 11) is 0. The summed E-state index contributed by atoms with van der Waals surface area (Å²) in [6.07, 6.45) is 0. The highest BCUT2D eigenvalue weighted by Crippen LogP contribution is 2.33. The van der Waals surface area contributed by atoms with Gasteiger partial charge in [0.2, 0.25) is 5.78 Å². The summed E-state index contributed by atoms with van der Waals surface area (Å²) in [5, 5.41) is 11.3. The minimum absolute atomic E-state index is 0.0796. The molecule has 0 saturated carbocycles. The fraction of sp³-hybridized carbons (Fsp3) is 0.136. The summed E-state index contributed by atoms with van der Waals surface area (Å²) in [5.74, 6) is 1.15. The lowest BCUT2D eigenvalue weighted by Gasteiger charge is -2.09.